The molecule has 3 aromatic rings. The Morgan fingerprint density at radius 3 is 2.13 bits per heavy atom. The first-order chi connectivity index (χ1) is 14.4. The van der Waals surface area contributed by atoms with E-state index in [0.29, 0.717) is 4.90 Å². The molecule has 3 aromatic carbocycles. The largest absolute Gasteiger partial charge is 0.456 e. The van der Waals surface area contributed by atoms with E-state index in [1.807, 2.05) is 43.3 Å². The van der Waals surface area contributed by atoms with Crippen molar-refractivity contribution >= 4 is 32.9 Å². The predicted molar refractivity (Wildman–Crippen MR) is 115 cm³/mol. The van der Waals surface area contributed by atoms with Crippen molar-refractivity contribution in [3.63, 3.8) is 0 Å². The average Bonchev–Trinajstić information content (AvgIpc) is 2.76. The van der Waals surface area contributed by atoms with Gasteiger partial charge in [-0.15, -0.1) is 0 Å². The molecule has 0 saturated heterocycles. The van der Waals surface area contributed by atoms with Gasteiger partial charge >= 0.3 is 16.1 Å². The lowest BCUT2D eigenvalue weighted by molar-refractivity contribution is -0.136. The van der Waals surface area contributed by atoms with Gasteiger partial charge < -0.3 is 4.74 Å². The van der Waals surface area contributed by atoms with Gasteiger partial charge in [0, 0.05) is 4.90 Å². The zero-order chi connectivity index (χ0) is 21.4. The minimum absolute atomic E-state index is 0.0265. The Bertz CT molecular complexity index is 1110. The number of rotatable bonds is 6. The molecule has 0 atom stereocenters. The van der Waals surface area contributed by atoms with Crippen molar-refractivity contribution in [3.05, 3.63) is 96.1 Å². The molecule has 0 bridgehead atoms. The number of ether oxygens (including phenoxy) is 1. The van der Waals surface area contributed by atoms with Gasteiger partial charge in [0.1, 0.15) is 11.5 Å². The van der Waals surface area contributed by atoms with E-state index in [1.165, 1.54) is 12.1 Å². The van der Waals surface area contributed by atoms with Crippen LogP contribution in [0.5, 0.6) is 0 Å². The lowest BCUT2D eigenvalue weighted by Gasteiger charge is -2.08. The quantitative estimate of drug-likeness (QED) is 0.184. The number of carbonyl (C=O) groups is 1. The number of carbonyl (C=O) groups excluding carboxylic acids is 1. The van der Waals surface area contributed by atoms with Gasteiger partial charge in [0.2, 0.25) is 5.04 Å². The highest BCUT2D eigenvalue weighted by molar-refractivity contribution is 8.15. The molecule has 6 nitrogen and oxygen atoms in total. The Balaban J connectivity index is 1.79. The van der Waals surface area contributed by atoms with Crippen LogP contribution in [0.15, 0.2) is 99.9 Å². The van der Waals surface area contributed by atoms with Crippen LogP contribution in [0.1, 0.15) is 11.1 Å². The topological polar surface area (TPSA) is 82.0 Å². The molecule has 0 N–H and O–H groups in total. The van der Waals surface area contributed by atoms with Crippen molar-refractivity contribution in [2.24, 2.45) is 5.16 Å². The first-order valence-electron chi connectivity index (χ1n) is 8.96. The molecule has 0 aliphatic rings. The molecule has 0 aliphatic heterocycles. The predicted octanol–water partition coefficient (Wildman–Crippen LogP) is 4.55. The van der Waals surface area contributed by atoms with Crippen molar-refractivity contribution in [2.75, 3.05) is 0 Å². The van der Waals surface area contributed by atoms with Crippen LogP contribution in [0.3, 0.4) is 0 Å². The summed E-state index contributed by atoms with van der Waals surface area (Å²) >= 11 is 0.956. The molecule has 0 spiro atoms. The molecular weight excluding hydrogens is 422 g/mol. The summed E-state index contributed by atoms with van der Waals surface area (Å²) in [7, 11) is -4.17. The average molecular weight is 442 g/mol. The zero-order valence-corrected chi connectivity index (χ0v) is 17.7. The van der Waals surface area contributed by atoms with E-state index in [-0.39, 0.29) is 16.5 Å². The maximum Gasteiger partial charge on any atom is 0.367 e. The molecule has 0 unspecified atom stereocenters. The third-order valence-corrected chi connectivity index (χ3v) is 5.94. The number of aryl methyl sites for hydroxylation is 1. The molecular formula is C22H19NO5S2. The standard InChI is InChI=1S/C22H19NO5S2/c1-17-12-14-20(15-13-17)30(25,26)28-23-21(29-19-10-6-3-7-11-19)22(24)27-16-18-8-4-2-5-9-18/h2-15H,16H2,1H3/b23-21-. The van der Waals surface area contributed by atoms with E-state index in [1.54, 1.807) is 36.4 Å². The molecule has 0 radical (unpaired) electrons. The number of hydrogen-bond acceptors (Lipinski definition) is 7. The van der Waals surface area contributed by atoms with E-state index in [2.05, 4.69) is 5.16 Å². The summed E-state index contributed by atoms with van der Waals surface area (Å²) in [5.41, 5.74) is 1.70. The van der Waals surface area contributed by atoms with Crippen molar-refractivity contribution in [3.8, 4) is 0 Å². The van der Waals surface area contributed by atoms with Crippen LogP contribution in [0.2, 0.25) is 0 Å². The van der Waals surface area contributed by atoms with Crippen LogP contribution in [-0.4, -0.2) is 19.4 Å². The monoisotopic (exact) mass is 441 g/mol. The van der Waals surface area contributed by atoms with E-state index in [0.717, 1.165) is 22.9 Å². The fraction of sp³-hybridized carbons (Fsp3) is 0.0909. The Morgan fingerprint density at radius 1 is 0.900 bits per heavy atom. The Hall–Kier alpha value is -3.10. The molecule has 0 aliphatic carbocycles. The molecule has 8 heteroatoms. The highest BCUT2D eigenvalue weighted by Crippen LogP contribution is 2.22. The van der Waals surface area contributed by atoms with Gasteiger partial charge in [0.05, 0.1) is 0 Å². The first-order valence-corrected chi connectivity index (χ1v) is 11.2. The van der Waals surface area contributed by atoms with E-state index in [4.69, 9.17) is 9.02 Å². The van der Waals surface area contributed by atoms with Gasteiger partial charge in [-0.2, -0.15) is 8.42 Å². The SMILES string of the molecule is Cc1ccc(S(=O)(=O)O/N=C(\Sc2ccccc2)C(=O)OCc2ccccc2)cc1. The number of thioether (sulfide) groups is 1. The van der Waals surface area contributed by atoms with E-state index < -0.39 is 16.1 Å². The van der Waals surface area contributed by atoms with Gasteiger partial charge in [-0.25, -0.2) is 4.79 Å². The maximum absolute atomic E-state index is 12.6. The summed E-state index contributed by atoms with van der Waals surface area (Å²) in [5.74, 6) is -0.785. The minimum Gasteiger partial charge on any atom is -0.456 e. The Kier molecular flexibility index (Phi) is 7.26. The second-order valence-electron chi connectivity index (χ2n) is 6.21. The second kappa shape index (κ2) is 10.1. The van der Waals surface area contributed by atoms with Crippen LogP contribution < -0.4 is 0 Å². The molecule has 0 heterocycles. The van der Waals surface area contributed by atoms with Crippen molar-refractivity contribution < 1.29 is 22.2 Å². The lowest BCUT2D eigenvalue weighted by atomic mass is 10.2. The van der Waals surface area contributed by atoms with Crippen LogP contribution in [0.25, 0.3) is 0 Å². The number of oxime groups is 1. The van der Waals surface area contributed by atoms with Gasteiger partial charge in [-0.05, 0) is 36.8 Å². The van der Waals surface area contributed by atoms with E-state index >= 15 is 0 Å². The first kappa shape index (κ1) is 21.6. The fourth-order valence-electron chi connectivity index (χ4n) is 2.31. The molecule has 0 aromatic heterocycles. The summed E-state index contributed by atoms with van der Waals surface area (Å²) in [5, 5.41) is 3.39. The minimum atomic E-state index is -4.17. The van der Waals surface area contributed by atoms with E-state index in [9.17, 15) is 13.2 Å². The summed E-state index contributed by atoms with van der Waals surface area (Å²) < 4.78 is 34.9. The van der Waals surface area contributed by atoms with Crippen molar-refractivity contribution in [2.45, 2.75) is 23.3 Å². The molecule has 30 heavy (non-hydrogen) atoms. The number of benzene rings is 3. The Labute approximate surface area is 179 Å². The fourth-order valence-corrected chi connectivity index (χ4v) is 3.82. The zero-order valence-electron chi connectivity index (χ0n) is 16.1. The summed E-state index contributed by atoms with van der Waals surface area (Å²) in [6.07, 6.45) is 0. The summed E-state index contributed by atoms with van der Waals surface area (Å²) in [4.78, 5) is 13.2. The highest BCUT2D eigenvalue weighted by Gasteiger charge is 2.21. The number of hydrogen-bond donors (Lipinski definition) is 0. The van der Waals surface area contributed by atoms with Crippen molar-refractivity contribution in [1.82, 2.24) is 0 Å². The second-order valence-corrected chi connectivity index (χ2v) is 8.81. The van der Waals surface area contributed by atoms with Gasteiger partial charge in [-0.3, -0.25) is 4.28 Å². The molecule has 0 fully saturated rings. The van der Waals surface area contributed by atoms with Crippen LogP contribution in [-0.2, 0) is 30.5 Å². The van der Waals surface area contributed by atoms with Crippen LogP contribution in [0.4, 0.5) is 0 Å². The molecule has 0 saturated carbocycles. The van der Waals surface area contributed by atoms with Gasteiger partial charge in [0.15, 0.2) is 0 Å². The normalized spacial score (nSPS) is 11.7. The van der Waals surface area contributed by atoms with Crippen LogP contribution >= 0.6 is 11.8 Å². The van der Waals surface area contributed by atoms with Gasteiger partial charge in [0.25, 0.3) is 0 Å². The number of nitrogens with zero attached hydrogens (tertiary/aromatic N) is 1. The third kappa shape index (κ3) is 6.20. The molecule has 0 amide bonds. The molecule has 154 valence electrons. The van der Waals surface area contributed by atoms with Crippen molar-refractivity contribution in [1.29, 1.82) is 0 Å². The van der Waals surface area contributed by atoms with Crippen LogP contribution in [0, 0.1) is 6.92 Å². The molecule has 3 rings (SSSR count). The maximum atomic E-state index is 12.6. The summed E-state index contributed by atoms with van der Waals surface area (Å²) in [6.45, 7) is 1.87. The smallest absolute Gasteiger partial charge is 0.367 e. The number of esters is 1. The van der Waals surface area contributed by atoms with Gasteiger partial charge in [-0.1, -0.05) is 83.1 Å². The Morgan fingerprint density at radius 2 is 1.50 bits per heavy atom. The summed E-state index contributed by atoms with van der Waals surface area (Å²) in [6, 6.07) is 24.2. The highest BCUT2D eigenvalue weighted by atomic mass is 32.2. The lowest BCUT2D eigenvalue weighted by Crippen LogP contribution is -2.16. The third-order valence-electron chi connectivity index (χ3n) is 3.87.